The number of rotatable bonds is 28. The fourth-order valence-corrected chi connectivity index (χ4v) is 7.44. The average molecular weight is 1310 g/mol. The lowest BCUT2D eigenvalue weighted by Gasteiger charge is -2.16. The lowest BCUT2D eigenvalue weighted by molar-refractivity contribution is -0.200. The highest BCUT2D eigenvalue weighted by molar-refractivity contribution is 6.03. The van der Waals surface area contributed by atoms with Gasteiger partial charge in [-0.1, -0.05) is 93.1 Å². The normalized spacial score (nSPS) is 15.1. The zero-order valence-electron chi connectivity index (χ0n) is 52.9. The van der Waals surface area contributed by atoms with Crippen LogP contribution in [0.5, 0.6) is 17.2 Å². The molecule has 30 heteroatoms. The van der Waals surface area contributed by atoms with E-state index in [0.29, 0.717) is 79.5 Å². The van der Waals surface area contributed by atoms with Gasteiger partial charge in [0.25, 0.3) is 47.3 Å². The molecule has 4 aliphatic heterocycles. The maximum Gasteiger partial charge on any atom is 0.560 e. The second-order valence-electron chi connectivity index (χ2n) is 20.8. The largest absolute Gasteiger partial charge is 0.560 e. The molecule has 0 aromatic heterocycles. The zero-order valence-corrected chi connectivity index (χ0v) is 52.9. The fourth-order valence-electron chi connectivity index (χ4n) is 7.44. The SMILES string of the molecule is CCCOCCC(C)C(=O)ON1C(=O)CCC1=O.CCCOCCC(C)C(=O)Oc1ccc(CO)cc1.CCCOCCC(C)C(=O)Oc1ccc(COC(=O)ON2C(=O)CCC2=O)cc1.O=C(ON1C(=O)CCC1=O)ON1C(=O)CCC1=O.OCc1ccc(O)cc1. The second kappa shape index (κ2) is 42.8. The topological polar surface area (TPSA) is 388 Å². The molecule has 0 saturated carbocycles. The first kappa shape index (κ1) is 78.0. The van der Waals surface area contributed by atoms with Crippen molar-refractivity contribution in [2.45, 2.75) is 151 Å². The Balaban J connectivity index is 0.000000315. The van der Waals surface area contributed by atoms with E-state index < -0.39 is 71.5 Å². The number of phenolic OH excluding ortho intramolecular Hbond substituents is 1. The number of hydrogen-bond donors (Lipinski definition) is 3. The van der Waals surface area contributed by atoms with Crippen molar-refractivity contribution in [2.24, 2.45) is 17.8 Å². The third-order valence-corrected chi connectivity index (χ3v) is 13.0. The van der Waals surface area contributed by atoms with Crippen LogP contribution in [-0.4, -0.2) is 153 Å². The first-order valence-corrected chi connectivity index (χ1v) is 30.2. The molecule has 30 nitrogen and oxygen atoms in total. The zero-order chi connectivity index (χ0) is 68.8. The molecule has 3 aromatic carbocycles. The fraction of sp³-hybridized carbons (Fsp3) is 0.508. The van der Waals surface area contributed by atoms with E-state index in [1.165, 1.54) is 0 Å². The van der Waals surface area contributed by atoms with Crippen molar-refractivity contribution in [1.29, 1.82) is 0 Å². The van der Waals surface area contributed by atoms with E-state index in [-0.39, 0.29) is 111 Å². The van der Waals surface area contributed by atoms with Gasteiger partial charge in [0.05, 0.1) is 31.0 Å². The molecule has 0 radical (unpaired) electrons. The van der Waals surface area contributed by atoms with Gasteiger partial charge >= 0.3 is 30.2 Å². The maximum absolute atomic E-state index is 12.1. The van der Waals surface area contributed by atoms with Crippen LogP contribution in [0.1, 0.15) is 148 Å². The Hall–Kier alpha value is -9.23. The third kappa shape index (κ3) is 29.3. The summed E-state index contributed by atoms with van der Waals surface area (Å²) in [7, 11) is 0. The van der Waals surface area contributed by atoms with Gasteiger partial charge in [-0.2, -0.15) is 4.79 Å². The minimum atomic E-state index is -1.48. The highest BCUT2D eigenvalue weighted by atomic mass is 16.9. The minimum absolute atomic E-state index is 0.0106. The van der Waals surface area contributed by atoms with Gasteiger partial charge in [-0.25, -0.2) is 9.59 Å². The van der Waals surface area contributed by atoms with Crippen LogP contribution in [0.4, 0.5) is 9.59 Å². The standard InChI is InChI=1S/C20H25NO8.C15H22O4.C12H19NO5.C9H8N2O7.C7H8O2/c1-3-11-26-12-10-14(2)19(24)28-16-6-4-15(5-7-16)13-27-20(25)29-21-17(22)8-9-18(21)23;1-3-9-18-10-8-12(2)15(17)19-14-6-4-13(11-16)5-7-14;1-3-7-17-8-6-9(2)12(16)18-13-10(14)4-5-11(13)15;12-5-1-2-6(13)10(5)17-9(16)18-11-7(14)3-4-8(11)15;8-5-6-1-3-7(9)4-2-6/h4-7,14H,3,8-13H2,1-2H3;4-7,12,16H,3,8-11H2,1-2H3;9H,3-8H2,1-2H3;1-4H2;1-4,8-9H,5H2. The summed E-state index contributed by atoms with van der Waals surface area (Å²) in [5, 5.41) is 27.7. The Morgan fingerprint density at radius 2 is 0.667 bits per heavy atom. The summed E-state index contributed by atoms with van der Waals surface area (Å²) in [5.74, 6) is -5.75. The number of carbonyl (C=O) groups excluding carboxylic acids is 13. The van der Waals surface area contributed by atoms with Crippen LogP contribution < -0.4 is 9.47 Å². The Morgan fingerprint density at radius 1 is 0.387 bits per heavy atom. The molecule has 3 unspecified atom stereocenters. The Labute approximate surface area is 536 Å². The number of esters is 2. The molecule has 8 amide bonds. The third-order valence-electron chi connectivity index (χ3n) is 13.0. The number of imide groups is 4. The highest BCUT2D eigenvalue weighted by Gasteiger charge is 2.38. The molecular formula is C63H82N4O26. The van der Waals surface area contributed by atoms with Crippen LogP contribution in [-0.2, 0) is 111 Å². The summed E-state index contributed by atoms with van der Waals surface area (Å²) in [4.78, 5) is 166. The molecule has 3 aromatic rings. The predicted molar refractivity (Wildman–Crippen MR) is 318 cm³/mol. The molecular weight excluding hydrogens is 1230 g/mol. The van der Waals surface area contributed by atoms with Gasteiger partial charge in [0, 0.05) is 91.0 Å². The summed E-state index contributed by atoms with van der Waals surface area (Å²) in [5.41, 5.74) is 2.22. The number of benzene rings is 3. The van der Waals surface area contributed by atoms with Crippen LogP contribution >= 0.6 is 0 Å². The van der Waals surface area contributed by atoms with Crippen LogP contribution in [0.3, 0.4) is 0 Å². The summed E-state index contributed by atoms with van der Waals surface area (Å²) >= 11 is 0. The predicted octanol–water partition coefficient (Wildman–Crippen LogP) is 6.50. The molecule has 4 fully saturated rings. The van der Waals surface area contributed by atoms with E-state index in [1.807, 2.05) is 27.7 Å². The van der Waals surface area contributed by atoms with Crippen molar-refractivity contribution in [1.82, 2.24) is 20.3 Å². The first-order valence-electron chi connectivity index (χ1n) is 30.2. The van der Waals surface area contributed by atoms with Crippen molar-refractivity contribution in [2.75, 3.05) is 39.6 Å². The van der Waals surface area contributed by atoms with E-state index in [1.54, 1.807) is 86.6 Å². The molecule has 510 valence electrons. The number of hydrogen-bond acceptors (Lipinski definition) is 26. The lowest BCUT2D eigenvalue weighted by atomic mass is 10.1. The smallest absolute Gasteiger partial charge is 0.508 e. The molecule has 3 atom stereocenters. The molecule has 0 bridgehead atoms. The number of phenols is 1. The van der Waals surface area contributed by atoms with Crippen molar-refractivity contribution in [3.05, 3.63) is 89.5 Å². The van der Waals surface area contributed by atoms with Gasteiger partial charge in [-0.05, 0) is 91.6 Å². The Bertz CT molecular complexity index is 2850. The summed E-state index contributed by atoms with van der Waals surface area (Å²) in [6.07, 6.45) is 1.95. The Morgan fingerprint density at radius 3 is 0.978 bits per heavy atom. The molecule has 0 aliphatic carbocycles. The number of aliphatic hydroxyl groups excluding tert-OH is 2. The van der Waals surface area contributed by atoms with E-state index in [4.69, 9.17) is 48.6 Å². The number of ether oxygens (including phenoxy) is 6. The van der Waals surface area contributed by atoms with E-state index in [0.717, 1.165) is 37.0 Å². The molecule has 7 rings (SSSR count). The maximum atomic E-state index is 12.1. The van der Waals surface area contributed by atoms with Crippen molar-refractivity contribution >= 4 is 77.5 Å². The van der Waals surface area contributed by atoms with E-state index >= 15 is 0 Å². The number of nitrogens with zero attached hydrogens (tertiary/aromatic N) is 4. The first-order chi connectivity index (χ1) is 44.4. The average Bonchev–Trinajstić information content (AvgIpc) is 2.06. The van der Waals surface area contributed by atoms with Crippen LogP contribution in [0, 0.1) is 17.8 Å². The number of aromatic hydroxyl groups is 1. The molecule has 4 aliphatic rings. The minimum Gasteiger partial charge on any atom is -0.508 e. The van der Waals surface area contributed by atoms with Crippen molar-refractivity contribution in [3.8, 4) is 17.2 Å². The molecule has 4 saturated heterocycles. The molecule has 4 heterocycles. The molecule has 0 spiro atoms. The monoisotopic (exact) mass is 1310 g/mol. The number of aliphatic hydroxyl groups is 2. The Kier molecular flexibility index (Phi) is 35.9. The van der Waals surface area contributed by atoms with Crippen LogP contribution in [0.15, 0.2) is 72.8 Å². The van der Waals surface area contributed by atoms with Gasteiger partial charge in [0.15, 0.2) is 0 Å². The van der Waals surface area contributed by atoms with E-state index in [2.05, 4.69) is 14.5 Å². The van der Waals surface area contributed by atoms with Gasteiger partial charge in [0.1, 0.15) is 23.9 Å². The summed E-state index contributed by atoms with van der Waals surface area (Å²) in [6.45, 7) is 14.8. The van der Waals surface area contributed by atoms with Crippen LogP contribution in [0.25, 0.3) is 0 Å². The number of hydroxylamine groups is 8. The summed E-state index contributed by atoms with van der Waals surface area (Å²) in [6, 6.07) is 19.7. The van der Waals surface area contributed by atoms with Gasteiger partial charge in [-0.3, -0.25) is 62.5 Å². The molecule has 3 N–H and O–H groups in total. The van der Waals surface area contributed by atoms with E-state index in [9.17, 15) is 62.3 Å². The van der Waals surface area contributed by atoms with Crippen LogP contribution in [0.2, 0.25) is 0 Å². The summed E-state index contributed by atoms with van der Waals surface area (Å²) < 4.78 is 31.4. The second-order valence-corrected chi connectivity index (χ2v) is 20.8. The van der Waals surface area contributed by atoms with Gasteiger partial charge < -0.3 is 48.6 Å². The van der Waals surface area contributed by atoms with Gasteiger partial charge in [0.2, 0.25) is 0 Å². The number of carbonyl (C=O) groups is 13. The van der Waals surface area contributed by atoms with Crippen molar-refractivity contribution < 1.29 is 125 Å². The highest BCUT2D eigenvalue weighted by Crippen LogP contribution is 2.21. The quantitative estimate of drug-likeness (QED) is 0.0302. The molecule has 93 heavy (non-hydrogen) atoms. The lowest BCUT2D eigenvalue weighted by Crippen LogP contribution is -2.37. The van der Waals surface area contributed by atoms with Crippen molar-refractivity contribution in [3.63, 3.8) is 0 Å². The van der Waals surface area contributed by atoms with Gasteiger partial charge in [-0.15, -0.1) is 5.06 Å². The number of amides is 8.